The molecule has 2 aromatic rings. The summed E-state index contributed by atoms with van der Waals surface area (Å²) >= 11 is 0. The van der Waals surface area contributed by atoms with Crippen LogP contribution in [0, 0.1) is 0 Å². The van der Waals surface area contributed by atoms with Gasteiger partial charge in [-0.25, -0.2) is 0 Å². The highest BCUT2D eigenvalue weighted by atomic mass is 16.2. The highest BCUT2D eigenvalue weighted by Gasteiger charge is 2.34. The number of nitrogens with zero attached hydrogens (tertiary/aromatic N) is 3. The molecule has 0 aliphatic carbocycles. The van der Waals surface area contributed by atoms with Crippen molar-refractivity contribution in [2.45, 2.75) is 50.7 Å². The Bertz CT molecular complexity index is 963. The summed E-state index contributed by atoms with van der Waals surface area (Å²) in [6, 6.07) is 15.0. The summed E-state index contributed by atoms with van der Waals surface area (Å²) in [5.41, 5.74) is 1.18. The van der Waals surface area contributed by atoms with Gasteiger partial charge in [0.15, 0.2) is 0 Å². The molecule has 3 fully saturated rings. The summed E-state index contributed by atoms with van der Waals surface area (Å²) in [5, 5.41) is 5.40. The molecule has 1 atom stereocenters. The average Bonchev–Trinajstić information content (AvgIpc) is 3.36. The highest BCUT2D eigenvalue weighted by molar-refractivity contribution is 5.89. The number of piperidine rings is 1. The second kappa shape index (κ2) is 9.59. The van der Waals surface area contributed by atoms with Gasteiger partial charge < -0.3 is 15.1 Å². The van der Waals surface area contributed by atoms with E-state index in [4.69, 9.17) is 0 Å². The zero-order valence-corrected chi connectivity index (χ0v) is 18.8. The van der Waals surface area contributed by atoms with E-state index in [1.165, 1.54) is 42.3 Å². The first kappa shape index (κ1) is 21.4. The number of amides is 2. The second-order valence-corrected chi connectivity index (χ2v) is 9.52. The second-order valence-electron chi connectivity index (χ2n) is 9.52. The molecule has 3 heterocycles. The van der Waals surface area contributed by atoms with Crippen molar-refractivity contribution in [3.8, 4) is 0 Å². The van der Waals surface area contributed by atoms with Crippen molar-refractivity contribution in [1.82, 2.24) is 20.0 Å². The zero-order valence-electron chi connectivity index (χ0n) is 18.8. The SMILES string of the molecule is O=C1NCCN(Cc2ccc3ccccc3c2)C1CC(=O)N1CCC(N2CCCC2)CC1. The number of hydrogen-bond donors (Lipinski definition) is 1. The number of carbonyl (C=O) groups excluding carboxylic acids is 2. The van der Waals surface area contributed by atoms with Crippen LogP contribution in [-0.2, 0) is 16.1 Å². The van der Waals surface area contributed by atoms with Crippen molar-refractivity contribution in [2.75, 3.05) is 39.3 Å². The molecule has 0 aromatic heterocycles. The Morgan fingerprint density at radius 3 is 2.47 bits per heavy atom. The molecular weight excluding hydrogens is 400 g/mol. The van der Waals surface area contributed by atoms with E-state index in [2.05, 4.69) is 51.5 Å². The van der Waals surface area contributed by atoms with Gasteiger partial charge in [-0.1, -0.05) is 36.4 Å². The summed E-state index contributed by atoms with van der Waals surface area (Å²) in [6.07, 6.45) is 5.01. The quantitative estimate of drug-likeness (QED) is 0.786. The minimum Gasteiger partial charge on any atom is -0.353 e. The Labute approximate surface area is 190 Å². The van der Waals surface area contributed by atoms with Crippen molar-refractivity contribution in [1.29, 1.82) is 0 Å². The van der Waals surface area contributed by atoms with Gasteiger partial charge in [0.1, 0.15) is 0 Å². The highest BCUT2D eigenvalue weighted by Crippen LogP contribution is 2.23. The molecule has 3 aliphatic heterocycles. The molecule has 0 radical (unpaired) electrons. The summed E-state index contributed by atoms with van der Waals surface area (Å²) in [5.74, 6) is 0.104. The van der Waals surface area contributed by atoms with E-state index in [1.807, 2.05) is 11.0 Å². The molecule has 1 unspecified atom stereocenters. The van der Waals surface area contributed by atoms with Crippen molar-refractivity contribution in [2.24, 2.45) is 0 Å². The Morgan fingerprint density at radius 2 is 1.69 bits per heavy atom. The van der Waals surface area contributed by atoms with E-state index in [-0.39, 0.29) is 24.3 Å². The van der Waals surface area contributed by atoms with E-state index in [1.54, 1.807) is 0 Å². The van der Waals surface area contributed by atoms with E-state index < -0.39 is 0 Å². The van der Waals surface area contributed by atoms with Crippen LogP contribution in [0.2, 0.25) is 0 Å². The molecule has 6 nitrogen and oxygen atoms in total. The maximum Gasteiger partial charge on any atom is 0.237 e. The van der Waals surface area contributed by atoms with E-state index >= 15 is 0 Å². The van der Waals surface area contributed by atoms with Crippen LogP contribution in [0.3, 0.4) is 0 Å². The van der Waals surface area contributed by atoms with E-state index in [0.717, 1.165) is 32.5 Å². The molecule has 32 heavy (non-hydrogen) atoms. The van der Waals surface area contributed by atoms with Crippen LogP contribution in [0.4, 0.5) is 0 Å². The average molecular weight is 435 g/mol. The largest absolute Gasteiger partial charge is 0.353 e. The summed E-state index contributed by atoms with van der Waals surface area (Å²) in [7, 11) is 0. The molecule has 0 bridgehead atoms. The van der Waals surface area contributed by atoms with Crippen LogP contribution in [0.5, 0.6) is 0 Å². The molecule has 2 amide bonds. The third kappa shape index (κ3) is 4.66. The van der Waals surface area contributed by atoms with Crippen LogP contribution in [0.25, 0.3) is 10.8 Å². The molecule has 2 aromatic carbocycles. The normalized spacial score (nSPS) is 23.6. The fourth-order valence-corrected chi connectivity index (χ4v) is 5.63. The fraction of sp³-hybridized carbons (Fsp3) is 0.538. The first-order valence-electron chi connectivity index (χ1n) is 12.2. The summed E-state index contributed by atoms with van der Waals surface area (Å²) in [4.78, 5) is 32.6. The number of hydrogen-bond acceptors (Lipinski definition) is 4. The minimum atomic E-state index is -0.390. The summed E-state index contributed by atoms with van der Waals surface area (Å²) < 4.78 is 0. The van der Waals surface area contributed by atoms with Crippen LogP contribution in [-0.4, -0.2) is 77.9 Å². The smallest absolute Gasteiger partial charge is 0.237 e. The van der Waals surface area contributed by atoms with Gasteiger partial charge in [-0.3, -0.25) is 14.5 Å². The fourth-order valence-electron chi connectivity index (χ4n) is 5.63. The van der Waals surface area contributed by atoms with Gasteiger partial charge in [-0.15, -0.1) is 0 Å². The summed E-state index contributed by atoms with van der Waals surface area (Å²) in [6.45, 7) is 6.16. The van der Waals surface area contributed by atoms with E-state index in [9.17, 15) is 9.59 Å². The number of rotatable bonds is 5. The number of nitrogens with one attached hydrogen (secondary N) is 1. The zero-order chi connectivity index (χ0) is 21.9. The Morgan fingerprint density at radius 1 is 0.938 bits per heavy atom. The first-order chi connectivity index (χ1) is 15.7. The first-order valence-corrected chi connectivity index (χ1v) is 12.2. The van der Waals surface area contributed by atoms with Crippen LogP contribution < -0.4 is 5.32 Å². The van der Waals surface area contributed by atoms with Gasteiger partial charge in [0, 0.05) is 38.8 Å². The molecule has 3 aliphatic rings. The number of benzene rings is 2. The molecule has 6 heteroatoms. The minimum absolute atomic E-state index is 0.0164. The number of piperazine rings is 1. The van der Waals surface area contributed by atoms with Crippen LogP contribution in [0.15, 0.2) is 42.5 Å². The molecule has 1 N–H and O–H groups in total. The lowest BCUT2D eigenvalue weighted by atomic mass is 10.0. The molecule has 0 saturated carbocycles. The van der Waals surface area contributed by atoms with Gasteiger partial charge in [0.2, 0.25) is 11.8 Å². The number of carbonyl (C=O) groups is 2. The van der Waals surface area contributed by atoms with Crippen molar-refractivity contribution in [3.05, 3.63) is 48.0 Å². The third-order valence-electron chi connectivity index (χ3n) is 7.48. The molecule has 5 rings (SSSR count). The van der Waals surface area contributed by atoms with Crippen LogP contribution >= 0.6 is 0 Å². The maximum absolute atomic E-state index is 13.1. The monoisotopic (exact) mass is 434 g/mol. The van der Waals surface area contributed by atoms with Gasteiger partial charge in [0.25, 0.3) is 0 Å². The van der Waals surface area contributed by atoms with Gasteiger partial charge in [0.05, 0.1) is 12.5 Å². The predicted molar refractivity (Wildman–Crippen MR) is 126 cm³/mol. The lowest BCUT2D eigenvalue weighted by molar-refractivity contribution is -0.140. The predicted octanol–water partition coefficient (Wildman–Crippen LogP) is 2.62. The Balaban J connectivity index is 1.21. The number of fused-ring (bicyclic) bond motifs is 1. The molecule has 0 spiro atoms. The lowest BCUT2D eigenvalue weighted by Crippen LogP contribution is -2.56. The van der Waals surface area contributed by atoms with Gasteiger partial charge in [-0.05, 0) is 61.2 Å². The lowest BCUT2D eigenvalue weighted by Gasteiger charge is -2.39. The van der Waals surface area contributed by atoms with Crippen molar-refractivity contribution in [3.63, 3.8) is 0 Å². The van der Waals surface area contributed by atoms with Gasteiger partial charge >= 0.3 is 0 Å². The number of likely N-dealkylation sites (tertiary alicyclic amines) is 2. The van der Waals surface area contributed by atoms with Gasteiger partial charge in [-0.2, -0.15) is 0 Å². The Kier molecular flexibility index (Phi) is 6.42. The standard InChI is InChI=1S/C26H34N4O2/c31-25(29-14-9-23(10-15-29)28-12-3-4-13-28)18-24-26(32)27-11-16-30(24)19-20-7-8-21-5-1-2-6-22(21)17-20/h1-2,5-8,17,23-24H,3-4,9-16,18-19H2,(H,27,32). The maximum atomic E-state index is 13.1. The van der Waals surface area contributed by atoms with E-state index in [0.29, 0.717) is 19.1 Å². The van der Waals surface area contributed by atoms with Crippen molar-refractivity contribution < 1.29 is 9.59 Å². The van der Waals surface area contributed by atoms with Crippen molar-refractivity contribution >= 4 is 22.6 Å². The third-order valence-corrected chi connectivity index (χ3v) is 7.48. The Hall–Kier alpha value is -2.44. The van der Waals surface area contributed by atoms with Crippen LogP contribution in [0.1, 0.15) is 37.7 Å². The topological polar surface area (TPSA) is 55.9 Å². The molecule has 170 valence electrons. The molecular formula is C26H34N4O2. The molecule has 3 saturated heterocycles.